The number of anilines is 1. The Morgan fingerprint density at radius 3 is 2.68 bits per heavy atom. The molecule has 7 nitrogen and oxygen atoms in total. The van der Waals surface area contributed by atoms with E-state index >= 15 is 0 Å². The molecular weight excluding hydrogens is 342 g/mol. The Hall–Kier alpha value is -2.09. The molecule has 0 spiro atoms. The molecule has 138 valence electrons. The molecule has 1 fully saturated rings. The zero-order valence-electron chi connectivity index (χ0n) is 14.6. The number of carbonyl (C=O) groups excluding carboxylic acids is 1. The van der Waals surface area contributed by atoms with E-state index < -0.39 is 9.84 Å². The van der Waals surface area contributed by atoms with Gasteiger partial charge in [-0.3, -0.25) is 4.79 Å². The number of amides is 1. The smallest absolute Gasteiger partial charge is 0.240 e. The van der Waals surface area contributed by atoms with Crippen LogP contribution in [0.4, 0.5) is 5.69 Å². The number of benzene rings is 1. The van der Waals surface area contributed by atoms with Crippen molar-refractivity contribution >= 4 is 27.6 Å². The quantitative estimate of drug-likeness (QED) is 0.562. The highest BCUT2D eigenvalue weighted by Crippen LogP contribution is 2.24. The van der Waals surface area contributed by atoms with E-state index in [1.807, 2.05) is 19.9 Å². The number of carbonyl (C=O) groups is 1. The molecule has 1 heterocycles. The first kappa shape index (κ1) is 19.2. The molecule has 1 aliphatic rings. The lowest BCUT2D eigenvalue weighted by molar-refractivity contribution is -0.121. The van der Waals surface area contributed by atoms with Crippen molar-refractivity contribution in [3.63, 3.8) is 0 Å². The van der Waals surface area contributed by atoms with Crippen molar-refractivity contribution in [3.05, 3.63) is 23.8 Å². The summed E-state index contributed by atoms with van der Waals surface area (Å²) in [5, 5.41) is 13.9. The molecule has 1 aromatic rings. The van der Waals surface area contributed by atoms with Crippen molar-refractivity contribution in [2.45, 2.75) is 26.7 Å². The summed E-state index contributed by atoms with van der Waals surface area (Å²) in [6.45, 7) is 5.77. The van der Waals surface area contributed by atoms with Gasteiger partial charge in [0.25, 0.3) is 0 Å². The third-order valence-corrected chi connectivity index (χ3v) is 6.17. The van der Waals surface area contributed by atoms with Gasteiger partial charge in [-0.2, -0.15) is 5.10 Å². The number of hydrogen-bond donors (Lipinski definition) is 2. The zero-order valence-corrected chi connectivity index (χ0v) is 15.4. The second-order valence-corrected chi connectivity index (χ2v) is 8.41. The predicted octanol–water partition coefficient (Wildman–Crippen LogP) is 1.51. The minimum absolute atomic E-state index is 0.0672. The standard InChI is InChI=1S/C17H25N3O4S/c1-3-20(4-2)15-6-5-14(16(21)10-15)11-18-19-17(22)9-13-7-8-25(23,24)12-13/h5-6,10-11,13,21H,3-4,7-9,12H2,1-2H3,(H,19,22)/b18-11+/t13-/m1/s1. The molecular formula is C17H25N3O4S. The van der Waals surface area contributed by atoms with Gasteiger partial charge >= 0.3 is 0 Å². The molecule has 1 saturated heterocycles. The highest BCUT2D eigenvalue weighted by molar-refractivity contribution is 7.91. The third-order valence-electron chi connectivity index (χ3n) is 4.34. The van der Waals surface area contributed by atoms with Crippen molar-refractivity contribution in [1.82, 2.24) is 5.43 Å². The fourth-order valence-electron chi connectivity index (χ4n) is 2.94. The van der Waals surface area contributed by atoms with Crippen LogP contribution in [0.25, 0.3) is 0 Å². The summed E-state index contributed by atoms with van der Waals surface area (Å²) >= 11 is 0. The van der Waals surface area contributed by atoms with Crippen molar-refractivity contribution in [3.8, 4) is 5.75 Å². The van der Waals surface area contributed by atoms with Crippen LogP contribution < -0.4 is 10.3 Å². The Morgan fingerprint density at radius 2 is 2.12 bits per heavy atom. The van der Waals surface area contributed by atoms with E-state index in [0.717, 1.165) is 18.8 Å². The molecule has 2 N–H and O–H groups in total. The van der Waals surface area contributed by atoms with E-state index in [1.165, 1.54) is 6.21 Å². The number of rotatable bonds is 7. The van der Waals surface area contributed by atoms with Crippen LogP contribution >= 0.6 is 0 Å². The second kappa shape index (κ2) is 8.33. The van der Waals surface area contributed by atoms with Crippen molar-refractivity contribution in [2.24, 2.45) is 11.0 Å². The summed E-state index contributed by atoms with van der Waals surface area (Å²) in [6, 6.07) is 5.29. The average Bonchev–Trinajstić information content (AvgIpc) is 2.89. The number of hydrazone groups is 1. The maximum Gasteiger partial charge on any atom is 0.240 e. The summed E-state index contributed by atoms with van der Waals surface area (Å²) in [5.41, 5.74) is 3.81. The third kappa shape index (κ3) is 5.45. The topological polar surface area (TPSA) is 99.1 Å². The lowest BCUT2D eigenvalue weighted by atomic mass is 10.1. The van der Waals surface area contributed by atoms with Gasteiger partial charge in [-0.1, -0.05) is 0 Å². The second-order valence-electron chi connectivity index (χ2n) is 6.18. The number of hydrogen-bond acceptors (Lipinski definition) is 6. The van der Waals surface area contributed by atoms with Crippen LogP contribution in [0.3, 0.4) is 0 Å². The highest BCUT2D eigenvalue weighted by atomic mass is 32.2. The van der Waals surface area contributed by atoms with E-state index in [-0.39, 0.29) is 35.5 Å². The van der Waals surface area contributed by atoms with E-state index in [0.29, 0.717) is 12.0 Å². The number of aromatic hydroxyl groups is 1. The van der Waals surface area contributed by atoms with Crippen LogP contribution in [-0.4, -0.2) is 50.2 Å². The number of nitrogens with zero attached hydrogens (tertiary/aromatic N) is 2. The van der Waals surface area contributed by atoms with Gasteiger partial charge in [0.2, 0.25) is 5.91 Å². The number of phenolic OH excluding ortho intramolecular Hbond substituents is 1. The molecule has 0 unspecified atom stereocenters. The van der Waals surface area contributed by atoms with Crippen LogP contribution in [0.15, 0.2) is 23.3 Å². The first-order valence-electron chi connectivity index (χ1n) is 8.45. The molecule has 25 heavy (non-hydrogen) atoms. The SMILES string of the molecule is CCN(CC)c1ccc(/C=N/NC(=O)C[C@H]2CCS(=O)(=O)C2)c(O)c1. The Morgan fingerprint density at radius 1 is 1.40 bits per heavy atom. The minimum atomic E-state index is -2.98. The van der Waals surface area contributed by atoms with Crippen molar-refractivity contribution in [1.29, 1.82) is 0 Å². The first-order valence-corrected chi connectivity index (χ1v) is 10.3. The molecule has 0 radical (unpaired) electrons. The summed E-state index contributed by atoms with van der Waals surface area (Å²) in [4.78, 5) is 13.9. The average molecular weight is 367 g/mol. The minimum Gasteiger partial charge on any atom is -0.507 e. The predicted molar refractivity (Wildman–Crippen MR) is 98.8 cm³/mol. The number of nitrogens with one attached hydrogen (secondary N) is 1. The summed E-state index contributed by atoms with van der Waals surface area (Å²) in [5.74, 6) is -0.150. The van der Waals surface area contributed by atoms with Crippen LogP contribution in [0, 0.1) is 5.92 Å². The fraction of sp³-hybridized carbons (Fsp3) is 0.529. The molecule has 0 aliphatic carbocycles. The van der Waals surface area contributed by atoms with Crippen LogP contribution in [0.5, 0.6) is 5.75 Å². The lowest BCUT2D eigenvalue weighted by Crippen LogP contribution is -2.22. The monoisotopic (exact) mass is 367 g/mol. The van der Waals surface area contributed by atoms with E-state index in [1.54, 1.807) is 12.1 Å². The summed E-state index contributed by atoms with van der Waals surface area (Å²) in [7, 11) is -2.98. The fourth-order valence-corrected chi connectivity index (χ4v) is 4.80. The first-order chi connectivity index (χ1) is 11.8. The summed E-state index contributed by atoms with van der Waals surface area (Å²) in [6.07, 6.45) is 2.04. The molecule has 0 bridgehead atoms. The van der Waals surface area contributed by atoms with Gasteiger partial charge in [0.1, 0.15) is 5.75 Å². The van der Waals surface area contributed by atoms with Gasteiger partial charge in [-0.25, -0.2) is 13.8 Å². The molecule has 2 rings (SSSR count). The highest BCUT2D eigenvalue weighted by Gasteiger charge is 2.29. The largest absolute Gasteiger partial charge is 0.507 e. The Balaban J connectivity index is 1.90. The molecule has 1 atom stereocenters. The molecule has 1 aliphatic heterocycles. The zero-order chi connectivity index (χ0) is 18.4. The van der Waals surface area contributed by atoms with Gasteiger partial charge in [-0.15, -0.1) is 0 Å². The van der Waals surface area contributed by atoms with Gasteiger partial charge in [0.05, 0.1) is 17.7 Å². The molecule has 0 aromatic heterocycles. The Bertz CT molecular complexity index is 742. The molecule has 1 aromatic carbocycles. The van der Waals surface area contributed by atoms with E-state index in [4.69, 9.17) is 0 Å². The Labute approximate surface area is 148 Å². The van der Waals surface area contributed by atoms with Crippen LogP contribution in [0.2, 0.25) is 0 Å². The van der Waals surface area contributed by atoms with E-state index in [9.17, 15) is 18.3 Å². The number of sulfone groups is 1. The van der Waals surface area contributed by atoms with Crippen LogP contribution in [-0.2, 0) is 14.6 Å². The van der Waals surface area contributed by atoms with E-state index in [2.05, 4.69) is 15.4 Å². The Kier molecular flexibility index (Phi) is 6.41. The van der Waals surface area contributed by atoms with Gasteiger partial charge in [0.15, 0.2) is 9.84 Å². The molecule has 0 saturated carbocycles. The van der Waals surface area contributed by atoms with Gasteiger partial charge < -0.3 is 10.0 Å². The number of phenols is 1. The van der Waals surface area contributed by atoms with Crippen LogP contribution in [0.1, 0.15) is 32.3 Å². The normalized spacial score (nSPS) is 19.2. The van der Waals surface area contributed by atoms with Gasteiger partial charge in [-0.05, 0) is 38.3 Å². The van der Waals surface area contributed by atoms with Crippen molar-refractivity contribution in [2.75, 3.05) is 29.5 Å². The van der Waals surface area contributed by atoms with Crippen molar-refractivity contribution < 1.29 is 18.3 Å². The maximum absolute atomic E-state index is 11.8. The molecule has 1 amide bonds. The van der Waals surface area contributed by atoms with Gasteiger partial charge in [0, 0.05) is 36.8 Å². The lowest BCUT2D eigenvalue weighted by Gasteiger charge is -2.21. The summed E-state index contributed by atoms with van der Waals surface area (Å²) < 4.78 is 22.8. The molecule has 8 heteroatoms. The maximum atomic E-state index is 11.8.